The number of Topliss-reactive ketones (excluding diaryl/α,β-unsaturated/α-hetero) is 2. The maximum atomic E-state index is 12.9. The second kappa shape index (κ2) is 7.42. The van der Waals surface area contributed by atoms with Crippen LogP contribution in [-0.2, 0) is 0 Å². The van der Waals surface area contributed by atoms with Gasteiger partial charge in [0, 0.05) is 35.1 Å². The first-order chi connectivity index (χ1) is 14.7. The molecule has 3 nitrogen and oxygen atoms in total. The van der Waals surface area contributed by atoms with E-state index in [1.54, 1.807) is 12.1 Å². The van der Waals surface area contributed by atoms with Crippen molar-refractivity contribution in [1.29, 1.82) is 0 Å². The van der Waals surface area contributed by atoms with E-state index in [0.717, 1.165) is 31.4 Å². The molecule has 0 N–H and O–H groups in total. The zero-order valence-corrected chi connectivity index (χ0v) is 17.0. The molecule has 0 saturated heterocycles. The molecular formula is C27H23NO2. The second-order valence-corrected chi connectivity index (χ2v) is 7.90. The SMILES string of the molecule is CCN1C=C/C(=C\C2=CC(=C3C(=O)c4ccccc4C3=O)CCC2)c2ccccc21. The van der Waals surface area contributed by atoms with Crippen molar-refractivity contribution in [1.82, 2.24) is 0 Å². The van der Waals surface area contributed by atoms with Crippen LogP contribution in [0.4, 0.5) is 5.69 Å². The molecule has 2 aliphatic carbocycles. The summed E-state index contributed by atoms with van der Waals surface area (Å²) in [6.07, 6.45) is 11.2. The normalized spacial score (nSPS) is 19.3. The fraction of sp³-hybridized carbons (Fsp3) is 0.185. The van der Waals surface area contributed by atoms with Crippen LogP contribution in [0.15, 0.2) is 89.7 Å². The highest BCUT2D eigenvalue weighted by Crippen LogP contribution is 2.37. The standard InChI is InChI=1S/C27H23NO2/c1-2-28-15-14-19(21-10-5-6-13-24(21)28)16-18-8-7-9-20(17-18)25-26(29)22-11-3-4-12-23(22)27(25)30/h3-6,10-17H,2,7-9H2,1H3/b19-16+. The van der Waals surface area contributed by atoms with Crippen molar-refractivity contribution in [3.8, 4) is 0 Å². The summed E-state index contributed by atoms with van der Waals surface area (Å²) in [5, 5.41) is 0. The number of anilines is 1. The highest BCUT2D eigenvalue weighted by Gasteiger charge is 2.35. The number of rotatable bonds is 2. The van der Waals surface area contributed by atoms with E-state index in [-0.39, 0.29) is 11.6 Å². The van der Waals surface area contributed by atoms with Gasteiger partial charge in [-0.15, -0.1) is 0 Å². The smallest absolute Gasteiger partial charge is 0.197 e. The van der Waals surface area contributed by atoms with E-state index in [9.17, 15) is 9.59 Å². The van der Waals surface area contributed by atoms with E-state index in [0.29, 0.717) is 16.7 Å². The molecule has 30 heavy (non-hydrogen) atoms. The van der Waals surface area contributed by atoms with Crippen LogP contribution >= 0.6 is 0 Å². The molecule has 0 saturated carbocycles. The molecule has 2 aromatic rings. The number of benzene rings is 2. The molecule has 0 bridgehead atoms. The Balaban J connectivity index is 1.56. The van der Waals surface area contributed by atoms with Crippen LogP contribution < -0.4 is 4.90 Å². The monoisotopic (exact) mass is 393 g/mol. The average molecular weight is 393 g/mol. The molecule has 0 unspecified atom stereocenters. The topological polar surface area (TPSA) is 37.4 Å². The molecule has 0 aromatic heterocycles. The van der Waals surface area contributed by atoms with Gasteiger partial charge in [-0.25, -0.2) is 0 Å². The van der Waals surface area contributed by atoms with Gasteiger partial charge in [-0.3, -0.25) is 9.59 Å². The largest absolute Gasteiger partial charge is 0.348 e. The van der Waals surface area contributed by atoms with E-state index >= 15 is 0 Å². The zero-order chi connectivity index (χ0) is 20.7. The van der Waals surface area contributed by atoms with Crippen LogP contribution in [0.5, 0.6) is 0 Å². The van der Waals surface area contributed by atoms with Gasteiger partial charge in [-0.2, -0.15) is 0 Å². The molecule has 2 aromatic carbocycles. The Hall–Kier alpha value is -3.46. The quantitative estimate of drug-likeness (QED) is 0.470. The summed E-state index contributed by atoms with van der Waals surface area (Å²) in [7, 11) is 0. The van der Waals surface area contributed by atoms with Crippen LogP contribution in [0.25, 0.3) is 5.57 Å². The fourth-order valence-electron chi connectivity index (χ4n) is 4.62. The first-order valence-electron chi connectivity index (χ1n) is 10.6. The Morgan fingerprint density at radius 2 is 1.57 bits per heavy atom. The molecule has 148 valence electrons. The zero-order valence-electron chi connectivity index (χ0n) is 17.0. The summed E-state index contributed by atoms with van der Waals surface area (Å²) in [4.78, 5) is 28.0. The van der Waals surface area contributed by atoms with Crippen LogP contribution in [-0.4, -0.2) is 18.1 Å². The number of hydrogen-bond donors (Lipinski definition) is 0. The van der Waals surface area contributed by atoms with E-state index in [1.807, 2.05) is 12.1 Å². The number of nitrogens with zero attached hydrogens (tertiary/aromatic N) is 1. The lowest BCUT2D eigenvalue weighted by Gasteiger charge is -2.27. The summed E-state index contributed by atoms with van der Waals surface area (Å²) in [6, 6.07) is 15.6. The van der Waals surface area contributed by atoms with Crippen LogP contribution in [0.2, 0.25) is 0 Å². The molecule has 3 aliphatic rings. The molecule has 0 atom stereocenters. The van der Waals surface area contributed by atoms with Gasteiger partial charge < -0.3 is 4.90 Å². The first-order valence-corrected chi connectivity index (χ1v) is 10.6. The lowest BCUT2D eigenvalue weighted by atomic mass is 9.88. The Kier molecular flexibility index (Phi) is 4.59. The third kappa shape index (κ3) is 2.98. The Morgan fingerprint density at radius 3 is 2.27 bits per heavy atom. The molecule has 1 aliphatic heterocycles. The molecular weight excluding hydrogens is 370 g/mol. The number of carbonyl (C=O) groups excluding carboxylic acids is 2. The number of ketones is 2. The molecule has 0 spiro atoms. The van der Waals surface area contributed by atoms with E-state index in [4.69, 9.17) is 0 Å². The summed E-state index contributed by atoms with van der Waals surface area (Å²) in [5.74, 6) is -0.255. The van der Waals surface area contributed by atoms with Gasteiger partial charge in [0.25, 0.3) is 0 Å². The molecule has 5 rings (SSSR count). The summed E-state index contributed by atoms with van der Waals surface area (Å²) in [6.45, 7) is 3.07. The maximum Gasteiger partial charge on any atom is 0.197 e. The molecule has 0 radical (unpaired) electrons. The number of carbonyl (C=O) groups is 2. The highest BCUT2D eigenvalue weighted by molar-refractivity contribution is 6.40. The summed E-state index contributed by atoms with van der Waals surface area (Å²) in [5.41, 5.74) is 7.06. The number of para-hydroxylation sites is 1. The van der Waals surface area contributed by atoms with Gasteiger partial charge in [0.05, 0.1) is 5.57 Å². The predicted molar refractivity (Wildman–Crippen MR) is 121 cm³/mol. The molecule has 0 amide bonds. The minimum atomic E-state index is -0.128. The maximum absolute atomic E-state index is 12.9. The first kappa shape index (κ1) is 18.6. The van der Waals surface area contributed by atoms with E-state index in [1.165, 1.54) is 22.4 Å². The van der Waals surface area contributed by atoms with Gasteiger partial charge in [0.2, 0.25) is 0 Å². The van der Waals surface area contributed by atoms with Crippen LogP contribution in [0.3, 0.4) is 0 Å². The van der Waals surface area contributed by atoms with E-state index < -0.39 is 0 Å². The lowest BCUT2D eigenvalue weighted by molar-refractivity contribution is 0.0987. The summed E-state index contributed by atoms with van der Waals surface area (Å²) < 4.78 is 0. The third-order valence-corrected chi connectivity index (χ3v) is 6.10. The average Bonchev–Trinajstić information content (AvgIpc) is 3.04. The fourth-order valence-corrected chi connectivity index (χ4v) is 4.62. The van der Waals surface area contributed by atoms with Crippen molar-refractivity contribution in [2.45, 2.75) is 26.2 Å². The molecule has 0 fully saturated rings. The van der Waals surface area contributed by atoms with Crippen molar-refractivity contribution in [3.05, 3.63) is 106 Å². The third-order valence-electron chi connectivity index (χ3n) is 6.10. The van der Waals surface area contributed by atoms with Gasteiger partial charge in [0.1, 0.15) is 0 Å². The summed E-state index contributed by atoms with van der Waals surface area (Å²) >= 11 is 0. The van der Waals surface area contributed by atoms with Crippen LogP contribution in [0.1, 0.15) is 52.5 Å². The van der Waals surface area contributed by atoms with Crippen LogP contribution in [0, 0.1) is 0 Å². The van der Waals surface area contributed by atoms with Gasteiger partial charge in [-0.05, 0) is 55.0 Å². The van der Waals surface area contributed by atoms with Crippen molar-refractivity contribution in [2.75, 3.05) is 11.4 Å². The lowest BCUT2D eigenvalue weighted by Crippen LogP contribution is -2.18. The Morgan fingerprint density at radius 1 is 0.900 bits per heavy atom. The van der Waals surface area contributed by atoms with Gasteiger partial charge in [-0.1, -0.05) is 54.6 Å². The highest BCUT2D eigenvalue weighted by atomic mass is 16.2. The van der Waals surface area contributed by atoms with E-state index in [2.05, 4.69) is 60.5 Å². The number of fused-ring (bicyclic) bond motifs is 2. The molecule has 3 heteroatoms. The van der Waals surface area contributed by atoms with Crippen molar-refractivity contribution >= 4 is 22.8 Å². The van der Waals surface area contributed by atoms with Crippen molar-refractivity contribution < 1.29 is 9.59 Å². The van der Waals surface area contributed by atoms with Gasteiger partial charge >= 0.3 is 0 Å². The minimum absolute atomic E-state index is 0.128. The number of allylic oxidation sites excluding steroid dienone is 7. The Labute approximate surface area is 176 Å². The van der Waals surface area contributed by atoms with Crippen molar-refractivity contribution in [2.24, 2.45) is 0 Å². The predicted octanol–water partition coefficient (Wildman–Crippen LogP) is 5.91. The Bertz CT molecular complexity index is 1160. The van der Waals surface area contributed by atoms with Gasteiger partial charge in [0.15, 0.2) is 11.6 Å². The minimum Gasteiger partial charge on any atom is -0.348 e. The second-order valence-electron chi connectivity index (χ2n) is 7.90. The number of hydrogen-bond acceptors (Lipinski definition) is 3. The molecule has 1 heterocycles. The van der Waals surface area contributed by atoms with Crippen molar-refractivity contribution in [3.63, 3.8) is 0 Å².